The number of benzene rings is 3. The average molecular weight is 564 g/mol. The number of nitrogens with zero attached hydrogens (tertiary/aromatic N) is 2. The van der Waals surface area contributed by atoms with Gasteiger partial charge in [0.25, 0.3) is 5.91 Å². The zero-order valence-corrected chi connectivity index (χ0v) is 21.7. The fraction of sp³-hybridized carbons (Fsp3) is 0.269. The first-order valence-electron chi connectivity index (χ1n) is 11.6. The summed E-state index contributed by atoms with van der Waals surface area (Å²) in [5.41, 5.74) is -3.48. The summed E-state index contributed by atoms with van der Waals surface area (Å²) in [7, 11) is -2.68. The minimum absolute atomic E-state index is 0.0101. The zero-order valence-electron chi connectivity index (χ0n) is 20.8. The topological polar surface area (TPSA) is 108 Å². The number of fused-ring (bicyclic) bond motifs is 1. The van der Waals surface area contributed by atoms with E-state index in [2.05, 4.69) is 0 Å². The number of para-hydroxylation sites is 1. The van der Waals surface area contributed by atoms with Crippen LogP contribution in [0.1, 0.15) is 28.2 Å². The number of hydrogen-bond acceptors (Lipinski definition) is 7. The van der Waals surface area contributed by atoms with E-state index in [-0.39, 0.29) is 17.8 Å². The quantitative estimate of drug-likeness (QED) is 0.171. The number of amides is 1. The van der Waals surface area contributed by atoms with Crippen LogP contribution in [-0.2, 0) is 41.3 Å². The second kappa shape index (κ2) is 10.9. The first-order chi connectivity index (χ1) is 18.5. The minimum Gasteiger partial charge on any atom is -0.305 e. The molecule has 0 radical (unpaired) electrons. The molecule has 39 heavy (non-hydrogen) atoms. The first kappa shape index (κ1) is 28.4. The van der Waals surface area contributed by atoms with Crippen LogP contribution in [0.15, 0.2) is 78.9 Å². The molecule has 1 amide bonds. The molecule has 9 nitrogen and oxygen atoms in total. The van der Waals surface area contributed by atoms with Crippen molar-refractivity contribution < 1.29 is 41.0 Å². The molecular weight excluding hydrogens is 540 g/mol. The summed E-state index contributed by atoms with van der Waals surface area (Å²) in [6, 6.07) is 19.0. The van der Waals surface area contributed by atoms with Crippen LogP contribution in [0.5, 0.6) is 0 Å². The van der Waals surface area contributed by atoms with Gasteiger partial charge in [0.1, 0.15) is 0 Å². The average Bonchev–Trinajstić information content (AvgIpc) is 3.15. The van der Waals surface area contributed by atoms with E-state index in [9.17, 15) is 32.6 Å². The molecule has 0 saturated heterocycles. The molecule has 1 heterocycles. The van der Waals surface area contributed by atoms with Crippen molar-refractivity contribution in [2.45, 2.75) is 24.2 Å². The summed E-state index contributed by atoms with van der Waals surface area (Å²) in [6.45, 7) is -1.21. The summed E-state index contributed by atoms with van der Waals surface area (Å²) >= 11 is 0. The molecule has 13 heteroatoms. The fourth-order valence-electron chi connectivity index (χ4n) is 4.84. The molecule has 0 bridgehead atoms. The van der Waals surface area contributed by atoms with E-state index in [1.807, 2.05) is 0 Å². The van der Waals surface area contributed by atoms with Crippen molar-refractivity contribution in [1.29, 1.82) is 0 Å². The number of phosphoric acid groups is 1. The molecule has 1 aliphatic rings. The van der Waals surface area contributed by atoms with E-state index < -0.39 is 54.0 Å². The molecule has 1 aliphatic heterocycles. The van der Waals surface area contributed by atoms with Gasteiger partial charge in [-0.05, 0) is 23.3 Å². The van der Waals surface area contributed by atoms with Gasteiger partial charge in [-0.2, -0.15) is 13.2 Å². The number of anilines is 1. The molecule has 0 spiro atoms. The van der Waals surface area contributed by atoms with Gasteiger partial charge in [0.05, 0.1) is 23.7 Å². The van der Waals surface area contributed by atoms with Crippen LogP contribution in [0.25, 0.3) is 0 Å². The number of nitro groups is 1. The van der Waals surface area contributed by atoms with Crippen molar-refractivity contribution in [2.75, 3.05) is 25.7 Å². The fourth-order valence-corrected chi connectivity index (χ4v) is 5.79. The molecule has 4 rings (SSSR count). The Labute approximate surface area is 221 Å². The number of halogens is 3. The van der Waals surface area contributed by atoms with Gasteiger partial charge in [-0.25, -0.2) is 4.57 Å². The van der Waals surface area contributed by atoms with Crippen LogP contribution in [0, 0.1) is 10.1 Å². The molecule has 3 aromatic carbocycles. The van der Waals surface area contributed by atoms with E-state index in [1.54, 1.807) is 36.4 Å². The van der Waals surface area contributed by atoms with Gasteiger partial charge >= 0.3 is 14.0 Å². The molecule has 0 saturated carbocycles. The lowest BCUT2D eigenvalue weighted by Gasteiger charge is -2.36. The summed E-state index contributed by atoms with van der Waals surface area (Å²) < 4.78 is 71.6. The Morgan fingerprint density at radius 3 is 2.18 bits per heavy atom. The van der Waals surface area contributed by atoms with Crippen LogP contribution in [0.4, 0.5) is 18.9 Å². The molecule has 0 aliphatic carbocycles. The summed E-state index contributed by atoms with van der Waals surface area (Å²) in [4.78, 5) is 26.8. The van der Waals surface area contributed by atoms with Crippen molar-refractivity contribution in [3.05, 3.63) is 111 Å². The lowest BCUT2D eigenvalue weighted by atomic mass is 9.76. The van der Waals surface area contributed by atoms with Crippen LogP contribution in [0.2, 0.25) is 0 Å². The van der Waals surface area contributed by atoms with Gasteiger partial charge in [0.15, 0.2) is 5.60 Å². The van der Waals surface area contributed by atoms with E-state index in [0.29, 0.717) is 5.56 Å². The van der Waals surface area contributed by atoms with Crippen molar-refractivity contribution in [1.82, 2.24) is 0 Å². The second-order valence-electron chi connectivity index (χ2n) is 8.69. The molecule has 0 aromatic heterocycles. The molecular formula is C26H24F3N2O7P. The lowest BCUT2D eigenvalue weighted by Crippen LogP contribution is -2.48. The van der Waals surface area contributed by atoms with Crippen molar-refractivity contribution in [3.8, 4) is 0 Å². The Morgan fingerprint density at radius 1 is 0.974 bits per heavy atom. The van der Waals surface area contributed by atoms with E-state index in [4.69, 9.17) is 13.6 Å². The van der Waals surface area contributed by atoms with Crippen molar-refractivity contribution >= 4 is 19.4 Å². The predicted octanol–water partition coefficient (Wildman–Crippen LogP) is 5.93. The number of alkyl halides is 3. The number of carbonyl (C=O) groups excluding carboxylic acids is 1. The smallest absolute Gasteiger partial charge is 0.305 e. The Hall–Kier alpha value is -3.57. The van der Waals surface area contributed by atoms with E-state index >= 15 is 0 Å². The molecule has 3 aromatic rings. The van der Waals surface area contributed by atoms with E-state index in [0.717, 1.165) is 32.4 Å². The minimum atomic E-state index is -4.93. The third kappa shape index (κ3) is 5.33. The standard InChI is InChI=1S/C26H24F3N2O7P/c1-36-39(35,37-2)38-25(22(17-31(33)34)19-12-6-7-13-20(19)26(27,28)29)21-14-8-9-15-23(21)30(24(25)32)16-18-10-4-3-5-11-18/h3-15,22H,16-17H2,1-2H3/t22-,25-/m0/s1. The maximum Gasteiger partial charge on any atom is 0.475 e. The molecule has 206 valence electrons. The number of rotatable bonds is 10. The molecule has 2 atom stereocenters. The van der Waals surface area contributed by atoms with Crippen LogP contribution >= 0.6 is 7.82 Å². The Morgan fingerprint density at radius 2 is 1.56 bits per heavy atom. The lowest BCUT2D eigenvalue weighted by molar-refractivity contribution is -0.486. The van der Waals surface area contributed by atoms with Gasteiger partial charge in [-0.1, -0.05) is 66.7 Å². The highest BCUT2D eigenvalue weighted by molar-refractivity contribution is 7.48. The zero-order chi connectivity index (χ0) is 28.4. The number of hydrogen-bond donors (Lipinski definition) is 0. The van der Waals surface area contributed by atoms with Gasteiger partial charge in [0, 0.05) is 24.7 Å². The largest absolute Gasteiger partial charge is 0.475 e. The van der Waals surface area contributed by atoms with Crippen molar-refractivity contribution in [2.24, 2.45) is 0 Å². The molecule has 0 unspecified atom stereocenters. The highest BCUT2D eigenvalue weighted by Gasteiger charge is 2.63. The number of carbonyl (C=O) groups is 1. The van der Waals surface area contributed by atoms with Crippen molar-refractivity contribution in [3.63, 3.8) is 0 Å². The normalized spacial score (nSPS) is 18.2. The third-order valence-corrected chi connectivity index (χ3v) is 7.91. The summed E-state index contributed by atoms with van der Waals surface area (Å²) in [5.74, 6) is -2.84. The maximum absolute atomic E-state index is 14.4. The number of phosphoric ester groups is 1. The predicted molar refractivity (Wildman–Crippen MR) is 135 cm³/mol. The van der Waals surface area contributed by atoms with Gasteiger partial charge < -0.3 is 4.90 Å². The first-order valence-corrected chi connectivity index (χ1v) is 13.1. The summed E-state index contributed by atoms with van der Waals surface area (Å²) in [5, 5.41) is 12.0. The maximum atomic E-state index is 14.4. The summed E-state index contributed by atoms with van der Waals surface area (Å²) in [6.07, 6.45) is -4.93. The molecule has 0 fully saturated rings. The Kier molecular flexibility index (Phi) is 7.94. The van der Waals surface area contributed by atoms with Gasteiger partial charge in [-0.15, -0.1) is 0 Å². The second-order valence-corrected chi connectivity index (χ2v) is 10.5. The Balaban J connectivity index is 2.04. The Bertz CT molecular complexity index is 1410. The van der Waals surface area contributed by atoms with Crippen LogP contribution < -0.4 is 4.90 Å². The highest BCUT2D eigenvalue weighted by Crippen LogP contribution is 2.62. The van der Waals surface area contributed by atoms with Crippen LogP contribution in [-0.4, -0.2) is 31.6 Å². The monoisotopic (exact) mass is 564 g/mol. The van der Waals surface area contributed by atoms with Gasteiger partial charge in [0.2, 0.25) is 6.54 Å². The highest BCUT2D eigenvalue weighted by atomic mass is 31.2. The van der Waals surface area contributed by atoms with Gasteiger partial charge in [-0.3, -0.25) is 28.5 Å². The SMILES string of the molecule is COP(=O)(OC)O[C@@]1([C@@H](C[N+](=O)[O-])c2ccccc2C(F)(F)F)C(=O)N(Cc2ccccc2)c2ccccc21. The van der Waals surface area contributed by atoms with Crippen LogP contribution in [0.3, 0.4) is 0 Å². The molecule has 0 N–H and O–H groups in total. The third-order valence-electron chi connectivity index (χ3n) is 6.51. The van der Waals surface area contributed by atoms with E-state index in [1.165, 1.54) is 29.2 Å².